The van der Waals surface area contributed by atoms with E-state index in [1.807, 2.05) is 97.1 Å². The van der Waals surface area contributed by atoms with Gasteiger partial charge >= 0.3 is 0 Å². The average Bonchev–Trinajstić information content (AvgIpc) is 2.81. The van der Waals surface area contributed by atoms with Gasteiger partial charge in [0.05, 0.1) is 0 Å². The molecule has 142 valence electrons. The summed E-state index contributed by atoms with van der Waals surface area (Å²) in [5.41, 5.74) is 3.80. The van der Waals surface area contributed by atoms with Crippen LogP contribution in [0.3, 0.4) is 0 Å². The molecule has 0 aliphatic rings. The number of carbonyl (C=O) groups is 1. The highest BCUT2D eigenvalue weighted by atomic mass is 79.9. The Bertz CT molecular complexity index is 1020. The summed E-state index contributed by atoms with van der Waals surface area (Å²) in [6.07, 6.45) is 0. The summed E-state index contributed by atoms with van der Waals surface area (Å²) < 4.78 is -0.946. The highest BCUT2D eigenvalue weighted by molar-refractivity contribution is 9.10. The summed E-state index contributed by atoms with van der Waals surface area (Å²) in [5.74, 6) is -0.151. The van der Waals surface area contributed by atoms with Crippen molar-refractivity contribution in [2.24, 2.45) is 0 Å². The zero-order chi connectivity index (χ0) is 20.1. The fourth-order valence-electron chi connectivity index (χ4n) is 3.85. The Morgan fingerprint density at radius 2 is 0.966 bits per heavy atom. The molecule has 0 aliphatic heterocycles. The minimum absolute atomic E-state index is 0.0435. The second kappa shape index (κ2) is 8.59. The van der Waals surface area contributed by atoms with Crippen molar-refractivity contribution < 1.29 is 4.79 Å². The van der Waals surface area contributed by atoms with Crippen LogP contribution in [0.25, 0.3) is 0 Å². The van der Waals surface area contributed by atoms with E-state index in [1.54, 1.807) is 0 Å². The van der Waals surface area contributed by atoms with Crippen molar-refractivity contribution in [3.8, 4) is 0 Å². The van der Waals surface area contributed by atoms with Gasteiger partial charge in [-0.3, -0.25) is 4.79 Å². The Kier molecular flexibility index (Phi) is 5.73. The van der Waals surface area contributed by atoms with Gasteiger partial charge in [-0.25, -0.2) is 0 Å². The lowest BCUT2D eigenvalue weighted by Gasteiger charge is -2.36. The molecule has 1 atom stereocenters. The maximum Gasteiger partial charge on any atom is 0.184 e. The molecule has 4 aromatic rings. The molecule has 0 heterocycles. The molecule has 0 bridgehead atoms. The normalized spacial score (nSPS) is 13.0. The maximum atomic E-state index is 14.0. The fourth-order valence-corrected chi connectivity index (χ4v) is 4.87. The molecular weight excluding hydrogens is 420 g/mol. The number of ketones is 1. The SMILES string of the molecule is O=C(c1ccccc1)C(Br)(c1ccccc1)C(c1ccccc1)c1ccccc1. The second-order valence-electron chi connectivity index (χ2n) is 7.03. The van der Waals surface area contributed by atoms with Crippen molar-refractivity contribution in [1.29, 1.82) is 0 Å². The van der Waals surface area contributed by atoms with Crippen LogP contribution in [0.4, 0.5) is 0 Å². The Hall–Kier alpha value is -2.97. The van der Waals surface area contributed by atoms with E-state index in [-0.39, 0.29) is 11.7 Å². The highest BCUT2D eigenvalue weighted by Crippen LogP contribution is 2.50. The Morgan fingerprint density at radius 1 is 0.586 bits per heavy atom. The first-order valence-corrected chi connectivity index (χ1v) is 10.4. The smallest absolute Gasteiger partial charge is 0.184 e. The van der Waals surface area contributed by atoms with Crippen LogP contribution in [0, 0.1) is 0 Å². The first-order valence-electron chi connectivity index (χ1n) is 9.65. The van der Waals surface area contributed by atoms with E-state index in [0.29, 0.717) is 5.56 Å². The number of halogens is 1. The zero-order valence-electron chi connectivity index (χ0n) is 15.9. The predicted molar refractivity (Wildman–Crippen MR) is 123 cm³/mol. The predicted octanol–water partition coefficient (Wildman–Crippen LogP) is 6.99. The Morgan fingerprint density at radius 3 is 1.41 bits per heavy atom. The molecule has 0 saturated carbocycles. The van der Waals surface area contributed by atoms with Crippen molar-refractivity contribution in [3.63, 3.8) is 0 Å². The number of alkyl halides is 1. The summed E-state index contributed by atoms with van der Waals surface area (Å²) in [6, 6.07) is 40.0. The molecule has 1 nitrogen and oxygen atoms in total. The molecule has 0 fully saturated rings. The quantitative estimate of drug-likeness (QED) is 0.233. The van der Waals surface area contributed by atoms with E-state index in [0.717, 1.165) is 16.7 Å². The summed E-state index contributed by atoms with van der Waals surface area (Å²) in [6.45, 7) is 0. The van der Waals surface area contributed by atoms with Crippen molar-refractivity contribution in [1.82, 2.24) is 0 Å². The van der Waals surface area contributed by atoms with E-state index < -0.39 is 4.32 Å². The van der Waals surface area contributed by atoms with Gasteiger partial charge in [0.1, 0.15) is 4.32 Å². The monoisotopic (exact) mass is 440 g/mol. The van der Waals surface area contributed by atoms with E-state index in [1.165, 1.54) is 0 Å². The number of hydrogen-bond acceptors (Lipinski definition) is 1. The van der Waals surface area contributed by atoms with Crippen molar-refractivity contribution in [3.05, 3.63) is 144 Å². The molecule has 4 rings (SSSR count). The van der Waals surface area contributed by atoms with Gasteiger partial charge in [0.15, 0.2) is 5.78 Å². The average molecular weight is 441 g/mol. The molecule has 0 radical (unpaired) electrons. The van der Waals surface area contributed by atoms with Crippen LogP contribution >= 0.6 is 15.9 Å². The minimum Gasteiger partial charge on any atom is -0.292 e. The van der Waals surface area contributed by atoms with Crippen LogP contribution in [0.5, 0.6) is 0 Å². The first-order chi connectivity index (χ1) is 14.2. The van der Waals surface area contributed by atoms with Crippen LogP contribution < -0.4 is 0 Å². The lowest BCUT2D eigenvalue weighted by atomic mass is 9.73. The van der Waals surface area contributed by atoms with Crippen molar-refractivity contribution in [2.45, 2.75) is 10.2 Å². The largest absolute Gasteiger partial charge is 0.292 e. The molecule has 1 unspecified atom stereocenters. The molecule has 2 heteroatoms. The number of carbonyl (C=O) groups excluding carboxylic acids is 1. The number of Topliss-reactive ketones (excluding diaryl/α,β-unsaturated/α-hetero) is 1. The zero-order valence-corrected chi connectivity index (χ0v) is 17.5. The Labute approximate surface area is 180 Å². The molecule has 0 amide bonds. The van der Waals surface area contributed by atoms with Crippen LogP contribution in [-0.2, 0) is 4.32 Å². The molecule has 29 heavy (non-hydrogen) atoms. The summed E-state index contributed by atoms with van der Waals surface area (Å²) in [5, 5.41) is 0. The molecular formula is C27H21BrO. The van der Waals surface area contributed by atoms with Crippen LogP contribution in [0.2, 0.25) is 0 Å². The van der Waals surface area contributed by atoms with E-state index in [9.17, 15) is 4.79 Å². The number of hydrogen-bond donors (Lipinski definition) is 0. The maximum absolute atomic E-state index is 14.0. The molecule has 0 spiro atoms. The van der Waals surface area contributed by atoms with Crippen molar-refractivity contribution in [2.75, 3.05) is 0 Å². The van der Waals surface area contributed by atoms with Gasteiger partial charge in [0.2, 0.25) is 0 Å². The lowest BCUT2D eigenvalue weighted by Crippen LogP contribution is -2.37. The summed E-state index contributed by atoms with van der Waals surface area (Å²) >= 11 is 3.99. The van der Waals surface area contributed by atoms with E-state index in [2.05, 4.69) is 40.2 Å². The van der Waals surface area contributed by atoms with Gasteiger partial charge in [-0.1, -0.05) is 137 Å². The standard InChI is InChI=1S/C27H21BrO/c28-27(24-19-11-4-12-20-24,26(29)23-17-9-3-10-18-23)25(21-13-5-1-6-14-21)22-15-7-2-8-16-22/h1-20,25H. The topological polar surface area (TPSA) is 17.1 Å². The van der Waals surface area contributed by atoms with Crippen LogP contribution in [-0.4, -0.2) is 5.78 Å². The first kappa shape index (κ1) is 19.4. The third-order valence-corrected chi connectivity index (χ3v) is 6.50. The number of benzene rings is 4. The van der Waals surface area contributed by atoms with Crippen molar-refractivity contribution >= 4 is 21.7 Å². The van der Waals surface area contributed by atoms with Gasteiger partial charge in [-0.15, -0.1) is 0 Å². The fraction of sp³-hybridized carbons (Fsp3) is 0.0741. The van der Waals surface area contributed by atoms with Gasteiger partial charge in [0, 0.05) is 11.5 Å². The van der Waals surface area contributed by atoms with Gasteiger partial charge in [0.25, 0.3) is 0 Å². The van der Waals surface area contributed by atoms with E-state index >= 15 is 0 Å². The van der Waals surface area contributed by atoms with Gasteiger partial charge in [-0.05, 0) is 16.7 Å². The molecule has 0 aliphatic carbocycles. The van der Waals surface area contributed by atoms with Gasteiger partial charge in [-0.2, -0.15) is 0 Å². The van der Waals surface area contributed by atoms with E-state index in [4.69, 9.17) is 0 Å². The Balaban J connectivity index is 1.98. The second-order valence-corrected chi connectivity index (χ2v) is 8.28. The molecule has 0 aromatic heterocycles. The third kappa shape index (κ3) is 3.81. The van der Waals surface area contributed by atoms with Gasteiger partial charge < -0.3 is 0 Å². The van der Waals surface area contributed by atoms with Crippen LogP contribution in [0.1, 0.15) is 33.0 Å². The summed E-state index contributed by atoms with van der Waals surface area (Å²) in [4.78, 5) is 14.0. The molecule has 4 aromatic carbocycles. The molecule has 0 saturated heterocycles. The number of rotatable bonds is 6. The summed E-state index contributed by atoms with van der Waals surface area (Å²) in [7, 11) is 0. The highest BCUT2D eigenvalue weighted by Gasteiger charge is 2.46. The van der Waals surface area contributed by atoms with Crippen LogP contribution in [0.15, 0.2) is 121 Å². The lowest BCUT2D eigenvalue weighted by molar-refractivity contribution is 0.0936. The molecule has 0 N–H and O–H groups in total. The third-order valence-electron chi connectivity index (χ3n) is 5.22. The minimum atomic E-state index is -0.946.